The van der Waals surface area contributed by atoms with Crippen LogP contribution in [-0.2, 0) is 4.79 Å². The van der Waals surface area contributed by atoms with Crippen molar-refractivity contribution in [2.45, 2.75) is 32.6 Å². The second-order valence-corrected chi connectivity index (χ2v) is 8.84. The van der Waals surface area contributed by atoms with Crippen LogP contribution in [0.3, 0.4) is 0 Å². The van der Waals surface area contributed by atoms with Gasteiger partial charge in [0.1, 0.15) is 11.6 Å². The number of anilines is 1. The number of likely N-dealkylation sites (tertiary alicyclic amines) is 1. The van der Waals surface area contributed by atoms with Crippen LogP contribution in [0.2, 0.25) is 5.02 Å². The Labute approximate surface area is 196 Å². The summed E-state index contributed by atoms with van der Waals surface area (Å²) in [7, 11) is 0. The van der Waals surface area contributed by atoms with Gasteiger partial charge >= 0.3 is 0 Å². The third-order valence-corrected chi connectivity index (χ3v) is 6.01. The first-order valence-corrected chi connectivity index (χ1v) is 11.3. The number of carbonyl (C=O) groups excluding carboxylic acids is 2. The van der Waals surface area contributed by atoms with Crippen LogP contribution in [0, 0.1) is 11.7 Å². The maximum atomic E-state index is 13.3. The number of amides is 2. The molecule has 0 aliphatic carbocycles. The SMILES string of the molecule is CC(C)c1c(C(=O)N2CCC(C(=O)Nc3ccc(Cl)cn3)CC2)cnn1-c1ccc(F)cc1. The van der Waals surface area contributed by atoms with Crippen molar-refractivity contribution in [2.75, 3.05) is 18.4 Å². The number of rotatable bonds is 5. The Morgan fingerprint density at radius 1 is 1.09 bits per heavy atom. The molecule has 1 aliphatic heterocycles. The van der Waals surface area contributed by atoms with Crippen LogP contribution in [0.4, 0.5) is 10.2 Å². The van der Waals surface area contributed by atoms with E-state index in [1.165, 1.54) is 18.3 Å². The van der Waals surface area contributed by atoms with Gasteiger partial charge in [-0.1, -0.05) is 25.4 Å². The summed E-state index contributed by atoms with van der Waals surface area (Å²) in [6.07, 6.45) is 4.19. The highest BCUT2D eigenvalue weighted by Gasteiger charge is 2.30. The van der Waals surface area contributed by atoms with Gasteiger partial charge in [-0.2, -0.15) is 5.10 Å². The standard InChI is InChI=1S/C24H25ClFN5O2/c1-15(2)22-20(14-28-31(22)19-6-4-18(26)5-7-19)24(33)30-11-9-16(10-12-30)23(32)29-21-8-3-17(25)13-27-21/h3-8,13-16H,9-12H2,1-2H3,(H,27,29,32). The Hall–Kier alpha value is -3.26. The minimum atomic E-state index is -0.327. The second-order valence-electron chi connectivity index (χ2n) is 8.40. The van der Waals surface area contributed by atoms with E-state index in [0.717, 1.165) is 5.69 Å². The molecule has 172 valence electrons. The van der Waals surface area contributed by atoms with Crippen LogP contribution in [0.5, 0.6) is 0 Å². The van der Waals surface area contributed by atoms with Crippen molar-refractivity contribution < 1.29 is 14.0 Å². The lowest BCUT2D eigenvalue weighted by atomic mass is 9.95. The molecular formula is C24H25ClFN5O2. The molecule has 1 N–H and O–H groups in total. The Bertz CT molecular complexity index is 1140. The molecule has 3 aromatic rings. The molecule has 0 radical (unpaired) electrons. The molecule has 0 saturated carbocycles. The average molecular weight is 470 g/mol. The number of nitrogens with one attached hydrogen (secondary N) is 1. The first kappa shape index (κ1) is 22.9. The van der Waals surface area contributed by atoms with Gasteiger partial charge in [0.2, 0.25) is 5.91 Å². The predicted octanol–water partition coefficient (Wildman–Crippen LogP) is 4.67. The molecule has 33 heavy (non-hydrogen) atoms. The maximum absolute atomic E-state index is 13.3. The number of hydrogen-bond acceptors (Lipinski definition) is 4. The number of pyridine rings is 1. The van der Waals surface area contributed by atoms with E-state index < -0.39 is 0 Å². The molecule has 9 heteroatoms. The van der Waals surface area contributed by atoms with Crippen molar-refractivity contribution in [3.63, 3.8) is 0 Å². The number of aromatic nitrogens is 3. The molecule has 1 aliphatic rings. The molecular weight excluding hydrogens is 445 g/mol. The van der Waals surface area contributed by atoms with Gasteiger partial charge in [-0.3, -0.25) is 9.59 Å². The first-order chi connectivity index (χ1) is 15.8. The number of hydrogen-bond donors (Lipinski definition) is 1. The molecule has 2 amide bonds. The van der Waals surface area contributed by atoms with Crippen LogP contribution in [0.25, 0.3) is 5.69 Å². The van der Waals surface area contributed by atoms with Crippen LogP contribution in [0.15, 0.2) is 48.8 Å². The van der Waals surface area contributed by atoms with Crippen molar-refractivity contribution >= 4 is 29.2 Å². The highest BCUT2D eigenvalue weighted by atomic mass is 35.5. The van der Waals surface area contributed by atoms with Gasteiger partial charge in [0.15, 0.2) is 0 Å². The van der Waals surface area contributed by atoms with E-state index in [9.17, 15) is 14.0 Å². The zero-order valence-electron chi connectivity index (χ0n) is 18.5. The fourth-order valence-corrected chi connectivity index (χ4v) is 4.17. The first-order valence-electron chi connectivity index (χ1n) is 10.9. The normalized spacial score (nSPS) is 14.5. The Kier molecular flexibility index (Phi) is 6.74. The van der Waals surface area contributed by atoms with Crippen LogP contribution in [0.1, 0.15) is 48.7 Å². The molecule has 0 spiro atoms. The molecule has 3 heterocycles. The Balaban J connectivity index is 1.44. The van der Waals surface area contributed by atoms with Gasteiger partial charge in [-0.15, -0.1) is 0 Å². The molecule has 0 atom stereocenters. The summed E-state index contributed by atoms with van der Waals surface area (Å²) in [4.78, 5) is 31.8. The minimum absolute atomic E-state index is 0.0340. The van der Waals surface area contributed by atoms with E-state index in [4.69, 9.17) is 11.6 Å². The monoisotopic (exact) mass is 469 g/mol. The highest BCUT2D eigenvalue weighted by Crippen LogP contribution is 2.27. The molecule has 0 unspecified atom stereocenters. The van der Waals surface area contributed by atoms with Crippen molar-refractivity contribution in [1.82, 2.24) is 19.7 Å². The lowest BCUT2D eigenvalue weighted by Crippen LogP contribution is -2.41. The minimum Gasteiger partial charge on any atom is -0.338 e. The topological polar surface area (TPSA) is 80.1 Å². The number of benzene rings is 1. The summed E-state index contributed by atoms with van der Waals surface area (Å²) in [5.74, 6) is -0.247. The van der Waals surface area contributed by atoms with Crippen molar-refractivity contribution in [3.8, 4) is 5.69 Å². The summed E-state index contributed by atoms with van der Waals surface area (Å²) in [5.41, 5.74) is 2.01. The Morgan fingerprint density at radius 2 is 1.79 bits per heavy atom. The van der Waals surface area contributed by atoms with Gasteiger partial charge < -0.3 is 10.2 Å². The summed E-state index contributed by atoms with van der Waals surface area (Å²) >= 11 is 5.83. The summed E-state index contributed by atoms with van der Waals surface area (Å²) in [6, 6.07) is 9.36. The molecule has 0 bridgehead atoms. The molecule has 7 nitrogen and oxygen atoms in total. The molecule has 4 rings (SSSR count). The summed E-state index contributed by atoms with van der Waals surface area (Å²) in [6.45, 7) is 4.94. The van der Waals surface area contributed by atoms with E-state index >= 15 is 0 Å². The fourth-order valence-electron chi connectivity index (χ4n) is 4.06. The van der Waals surface area contributed by atoms with E-state index in [1.54, 1.807) is 40.0 Å². The van der Waals surface area contributed by atoms with Gasteiger partial charge in [-0.05, 0) is 55.2 Å². The zero-order chi connectivity index (χ0) is 23.5. The van der Waals surface area contributed by atoms with Crippen molar-refractivity contribution in [3.05, 3.63) is 70.9 Å². The highest BCUT2D eigenvalue weighted by molar-refractivity contribution is 6.30. The van der Waals surface area contributed by atoms with Crippen LogP contribution in [-0.4, -0.2) is 44.6 Å². The average Bonchev–Trinajstić information content (AvgIpc) is 3.26. The number of carbonyl (C=O) groups is 2. The second kappa shape index (κ2) is 9.70. The molecule has 2 aromatic heterocycles. The zero-order valence-corrected chi connectivity index (χ0v) is 19.2. The van der Waals surface area contributed by atoms with E-state index in [1.807, 2.05) is 13.8 Å². The number of piperidine rings is 1. The Morgan fingerprint density at radius 3 is 2.39 bits per heavy atom. The molecule has 1 fully saturated rings. The predicted molar refractivity (Wildman–Crippen MR) is 124 cm³/mol. The quantitative estimate of drug-likeness (QED) is 0.588. The molecule has 1 aromatic carbocycles. The van der Waals surface area contributed by atoms with E-state index in [0.29, 0.717) is 48.0 Å². The number of nitrogens with zero attached hydrogens (tertiary/aromatic N) is 4. The smallest absolute Gasteiger partial charge is 0.257 e. The van der Waals surface area contributed by atoms with Crippen molar-refractivity contribution in [1.29, 1.82) is 0 Å². The van der Waals surface area contributed by atoms with E-state index in [2.05, 4.69) is 15.4 Å². The largest absolute Gasteiger partial charge is 0.338 e. The summed E-state index contributed by atoms with van der Waals surface area (Å²) in [5, 5.41) is 7.73. The van der Waals surface area contributed by atoms with Gasteiger partial charge in [-0.25, -0.2) is 14.1 Å². The van der Waals surface area contributed by atoms with Crippen LogP contribution >= 0.6 is 11.6 Å². The van der Waals surface area contributed by atoms with Gasteiger partial charge in [0.05, 0.1) is 28.2 Å². The van der Waals surface area contributed by atoms with E-state index in [-0.39, 0.29) is 29.5 Å². The van der Waals surface area contributed by atoms with Gasteiger partial charge in [0.25, 0.3) is 5.91 Å². The lowest BCUT2D eigenvalue weighted by molar-refractivity contribution is -0.121. The van der Waals surface area contributed by atoms with Crippen molar-refractivity contribution in [2.24, 2.45) is 5.92 Å². The molecule has 1 saturated heterocycles. The third kappa shape index (κ3) is 5.06. The maximum Gasteiger partial charge on any atom is 0.257 e. The number of halogens is 2. The lowest BCUT2D eigenvalue weighted by Gasteiger charge is -2.31. The summed E-state index contributed by atoms with van der Waals surface area (Å²) < 4.78 is 15.0. The van der Waals surface area contributed by atoms with Gasteiger partial charge in [0, 0.05) is 25.2 Å². The fraction of sp³-hybridized carbons (Fsp3) is 0.333. The van der Waals surface area contributed by atoms with Crippen LogP contribution < -0.4 is 5.32 Å². The third-order valence-electron chi connectivity index (χ3n) is 5.79.